The van der Waals surface area contributed by atoms with E-state index in [9.17, 15) is 0 Å². The summed E-state index contributed by atoms with van der Waals surface area (Å²) in [6, 6.07) is 60.7. The van der Waals surface area contributed by atoms with Crippen molar-refractivity contribution in [2.75, 3.05) is 0 Å². The van der Waals surface area contributed by atoms with Crippen LogP contribution in [0, 0.1) is 0 Å². The van der Waals surface area contributed by atoms with Gasteiger partial charge in [0.05, 0.1) is 16.6 Å². The third-order valence-electron chi connectivity index (χ3n) is 12.8. The van der Waals surface area contributed by atoms with E-state index in [0.717, 1.165) is 25.7 Å². The molecule has 0 amide bonds. The molecular weight excluding hydrogens is 725 g/mol. The smallest absolute Gasteiger partial charge is 0.0541 e. The van der Waals surface area contributed by atoms with Gasteiger partial charge in [0.2, 0.25) is 0 Å². The molecule has 60 heavy (non-hydrogen) atoms. The van der Waals surface area contributed by atoms with E-state index >= 15 is 0 Å². The summed E-state index contributed by atoms with van der Waals surface area (Å²) in [6.07, 6.45) is 13.7. The van der Waals surface area contributed by atoms with E-state index < -0.39 is 0 Å². The summed E-state index contributed by atoms with van der Waals surface area (Å²) in [7, 11) is 0. The van der Waals surface area contributed by atoms with Gasteiger partial charge >= 0.3 is 0 Å². The lowest BCUT2D eigenvalue weighted by molar-refractivity contribution is 0.594. The van der Waals surface area contributed by atoms with Crippen LogP contribution in [0.4, 0.5) is 0 Å². The fourth-order valence-corrected chi connectivity index (χ4v) is 10.1. The Morgan fingerprint density at radius 3 is 1.60 bits per heavy atom. The second-order valence-corrected chi connectivity index (χ2v) is 17.6. The maximum atomic E-state index is 2.52. The number of hydrogen-bond donors (Lipinski definition) is 0. The zero-order chi connectivity index (χ0) is 40.4. The highest BCUT2D eigenvalue weighted by Gasteiger charge is 2.27. The van der Waals surface area contributed by atoms with Crippen molar-refractivity contribution in [2.24, 2.45) is 0 Å². The number of allylic oxidation sites excluding steroid dienone is 5. The van der Waals surface area contributed by atoms with Crippen molar-refractivity contribution in [1.82, 2.24) is 9.13 Å². The molecule has 0 N–H and O–H groups in total. The van der Waals surface area contributed by atoms with Crippen LogP contribution in [0.25, 0.3) is 83.5 Å². The molecule has 2 heterocycles. The van der Waals surface area contributed by atoms with Gasteiger partial charge in [-0.1, -0.05) is 142 Å². The minimum Gasteiger partial charge on any atom is -0.313 e. The normalized spacial score (nSPS) is 14.1. The van der Waals surface area contributed by atoms with Crippen molar-refractivity contribution in [1.29, 1.82) is 0 Å². The number of rotatable bonds is 6. The molecule has 7 aromatic carbocycles. The first-order valence-electron chi connectivity index (χ1n) is 21.5. The van der Waals surface area contributed by atoms with Crippen LogP contribution in [0.2, 0.25) is 0 Å². The number of aromatic nitrogens is 2. The zero-order valence-electron chi connectivity index (χ0n) is 34.6. The predicted octanol–water partition coefficient (Wildman–Crippen LogP) is 15.6. The molecule has 11 rings (SSSR count). The molecular formula is C58H48N2. The van der Waals surface area contributed by atoms with Gasteiger partial charge in [-0.3, -0.25) is 0 Å². The first-order chi connectivity index (χ1) is 29.4. The monoisotopic (exact) mass is 772 g/mol. The van der Waals surface area contributed by atoms with Crippen molar-refractivity contribution in [3.8, 4) is 44.8 Å². The Bertz CT molecular complexity index is 3200. The molecule has 0 spiro atoms. The highest BCUT2D eigenvalue weighted by molar-refractivity contribution is 6.12. The molecule has 0 fully saturated rings. The number of fused-ring (bicyclic) bond motifs is 6. The van der Waals surface area contributed by atoms with Gasteiger partial charge in [-0.2, -0.15) is 0 Å². The van der Waals surface area contributed by atoms with Crippen LogP contribution >= 0.6 is 0 Å². The molecule has 2 nitrogen and oxygen atoms in total. The summed E-state index contributed by atoms with van der Waals surface area (Å²) >= 11 is 0. The van der Waals surface area contributed by atoms with Gasteiger partial charge in [0, 0.05) is 38.8 Å². The quantitative estimate of drug-likeness (QED) is 0.159. The van der Waals surface area contributed by atoms with Gasteiger partial charge in [0.15, 0.2) is 0 Å². The molecule has 0 saturated heterocycles. The lowest BCUT2D eigenvalue weighted by Gasteiger charge is -2.27. The zero-order valence-corrected chi connectivity index (χ0v) is 34.6. The van der Waals surface area contributed by atoms with Gasteiger partial charge in [-0.15, -0.1) is 0 Å². The number of para-hydroxylation sites is 2. The van der Waals surface area contributed by atoms with Crippen molar-refractivity contribution in [2.45, 2.75) is 51.9 Å². The predicted molar refractivity (Wildman–Crippen MR) is 255 cm³/mol. The Morgan fingerprint density at radius 2 is 1.00 bits per heavy atom. The van der Waals surface area contributed by atoms with Crippen LogP contribution in [0.1, 0.15) is 56.9 Å². The third kappa shape index (κ3) is 6.09. The molecule has 0 atom stereocenters. The van der Waals surface area contributed by atoms with Crippen molar-refractivity contribution >= 4 is 38.8 Å². The number of benzene rings is 7. The first kappa shape index (κ1) is 36.2. The van der Waals surface area contributed by atoms with Gasteiger partial charge in [-0.25, -0.2) is 0 Å². The molecule has 0 unspecified atom stereocenters. The van der Waals surface area contributed by atoms with E-state index in [1.165, 1.54) is 105 Å². The Hall–Kier alpha value is -6.90. The van der Waals surface area contributed by atoms with Crippen molar-refractivity contribution < 1.29 is 0 Å². The molecule has 2 aromatic heterocycles. The molecule has 2 aliphatic carbocycles. The fraction of sp³-hybridized carbons (Fsp3) is 0.138. The summed E-state index contributed by atoms with van der Waals surface area (Å²) in [4.78, 5) is 0. The van der Waals surface area contributed by atoms with E-state index in [4.69, 9.17) is 0 Å². The second-order valence-electron chi connectivity index (χ2n) is 17.6. The summed E-state index contributed by atoms with van der Waals surface area (Å²) in [5.41, 5.74) is 20.6. The molecule has 2 aliphatic rings. The van der Waals surface area contributed by atoms with Gasteiger partial charge in [0.25, 0.3) is 0 Å². The van der Waals surface area contributed by atoms with Crippen LogP contribution in [0.15, 0.2) is 193 Å². The first-order valence-corrected chi connectivity index (χ1v) is 21.5. The van der Waals surface area contributed by atoms with Crippen LogP contribution in [0.5, 0.6) is 0 Å². The molecule has 0 radical (unpaired) electrons. The Kier molecular flexibility index (Phi) is 8.71. The average Bonchev–Trinajstić information content (AvgIpc) is 3.81. The van der Waals surface area contributed by atoms with Crippen LogP contribution in [0.3, 0.4) is 0 Å². The van der Waals surface area contributed by atoms with Gasteiger partial charge < -0.3 is 9.13 Å². The maximum absolute atomic E-state index is 2.52. The summed E-state index contributed by atoms with van der Waals surface area (Å²) in [5.74, 6) is 0. The van der Waals surface area contributed by atoms with Crippen molar-refractivity contribution in [3.05, 3.63) is 210 Å². The van der Waals surface area contributed by atoms with E-state index in [1.807, 2.05) is 0 Å². The van der Waals surface area contributed by atoms with E-state index in [0.29, 0.717) is 0 Å². The van der Waals surface area contributed by atoms with Crippen LogP contribution in [-0.2, 0) is 11.8 Å². The molecule has 0 bridgehead atoms. The number of hydrogen-bond acceptors (Lipinski definition) is 0. The van der Waals surface area contributed by atoms with Gasteiger partial charge in [-0.05, 0) is 148 Å². The SMILES string of the molecule is CC(C)(C)c1c(-c2ccc3c(c2)c2c(n3-c3ccccc3)CCC(C3=CC=CCC3)=C2)cccc1-c1ccc2c(c1)c1cc(-c3ccccc3)ccc1n2-c1ccccc1. The highest BCUT2D eigenvalue weighted by atomic mass is 15.0. The Balaban J connectivity index is 1.11. The lowest BCUT2D eigenvalue weighted by atomic mass is 9.77. The maximum Gasteiger partial charge on any atom is 0.0541 e. The molecule has 0 aliphatic heterocycles. The molecule has 0 saturated carbocycles. The summed E-state index contributed by atoms with van der Waals surface area (Å²) in [6.45, 7) is 7.11. The minimum atomic E-state index is -0.127. The minimum absolute atomic E-state index is 0.127. The lowest BCUT2D eigenvalue weighted by Crippen LogP contribution is -2.14. The van der Waals surface area contributed by atoms with Crippen molar-refractivity contribution in [3.63, 3.8) is 0 Å². The van der Waals surface area contributed by atoms with E-state index in [1.54, 1.807) is 0 Å². The largest absolute Gasteiger partial charge is 0.313 e. The summed E-state index contributed by atoms with van der Waals surface area (Å²) < 4.78 is 4.94. The molecule has 9 aromatic rings. The van der Waals surface area contributed by atoms with Gasteiger partial charge in [0.1, 0.15) is 0 Å². The average molecular weight is 773 g/mol. The topological polar surface area (TPSA) is 9.86 Å². The summed E-state index contributed by atoms with van der Waals surface area (Å²) in [5, 5.41) is 3.84. The molecule has 2 heteroatoms. The van der Waals surface area contributed by atoms with E-state index in [2.05, 4.69) is 218 Å². The van der Waals surface area contributed by atoms with E-state index in [-0.39, 0.29) is 5.41 Å². The Morgan fingerprint density at radius 1 is 0.450 bits per heavy atom. The standard InChI is InChI=1S/C58H48N2/c1-58(2,3)57-47(43-29-33-55-51(37-43)49-35-41(39-17-8-4-9-18-39)27-31-53(49)59(55)45-21-12-6-13-22-45)25-16-26-48(57)44-30-34-56-52(38-44)50-36-42(40-19-10-5-11-20-40)28-32-54(50)60(56)46-23-14-7-15-24-46/h4-10,12-19,21-27,29-31,33-38H,11,20,28,32H2,1-3H3. The highest BCUT2D eigenvalue weighted by Crippen LogP contribution is 2.45. The van der Waals surface area contributed by atoms with Crippen LogP contribution < -0.4 is 0 Å². The third-order valence-corrected chi connectivity index (χ3v) is 12.8. The van der Waals surface area contributed by atoms with Crippen LogP contribution in [-0.4, -0.2) is 9.13 Å². The number of nitrogens with zero attached hydrogens (tertiary/aromatic N) is 2. The molecule has 290 valence electrons. The fourth-order valence-electron chi connectivity index (χ4n) is 10.1. The Labute approximate surface area is 353 Å². The second kappa shape index (κ2) is 14.4.